The molecule has 2 aliphatic rings. The third-order valence-electron chi connectivity index (χ3n) is 4.81. The molecule has 1 unspecified atom stereocenters. The quantitative estimate of drug-likeness (QED) is 0.777. The Balaban J connectivity index is 1.67. The molecule has 0 aliphatic carbocycles. The molecule has 0 spiro atoms. The van der Waals surface area contributed by atoms with Gasteiger partial charge in [-0.1, -0.05) is 6.42 Å². The number of carbonyl (C=O) groups is 1. The summed E-state index contributed by atoms with van der Waals surface area (Å²) in [7, 11) is 0. The minimum atomic E-state index is -0.833. The third kappa shape index (κ3) is 5.24. The molecule has 1 atom stereocenters. The smallest absolute Gasteiger partial charge is 0.332 e. The molecule has 0 aromatic heterocycles. The monoisotopic (exact) mass is 298 g/mol. The van der Waals surface area contributed by atoms with E-state index in [-0.39, 0.29) is 0 Å². The summed E-state index contributed by atoms with van der Waals surface area (Å²) in [6.07, 6.45) is 6.51. The average molecular weight is 298 g/mol. The summed E-state index contributed by atoms with van der Waals surface area (Å²) in [5.41, 5.74) is 0. The van der Waals surface area contributed by atoms with Crippen LogP contribution in [0.4, 0.5) is 0 Å². The predicted molar refractivity (Wildman–Crippen MR) is 82.6 cm³/mol. The van der Waals surface area contributed by atoms with Crippen molar-refractivity contribution in [3.63, 3.8) is 0 Å². The van der Waals surface area contributed by atoms with E-state index in [4.69, 9.17) is 9.84 Å². The Morgan fingerprint density at radius 1 is 1.19 bits per heavy atom. The molecule has 2 rings (SSSR count). The van der Waals surface area contributed by atoms with Crippen LogP contribution in [0.25, 0.3) is 0 Å². The van der Waals surface area contributed by atoms with Gasteiger partial charge in [-0.2, -0.15) is 0 Å². The van der Waals surface area contributed by atoms with E-state index in [0.717, 1.165) is 25.7 Å². The highest BCUT2D eigenvalue weighted by atomic mass is 16.5. The molecule has 0 amide bonds. The van der Waals surface area contributed by atoms with Gasteiger partial charge in [0.2, 0.25) is 0 Å². The van der Waals surface area contributed by atoms with Crippen LogP contribution in [0.15, 0.2) is 0 Å². The van der Waals surface area contributed by atoms with Crippen LogP contribution in [-0.2, 0) is 9.53 Å². The van der Waals surface area contributed by atoms with Crippen molar-refractivity contribution in [3.8, 4) is 0 Å². The number of aliphatic carboxylic acids is 1. The van der Waals surface area contributed by atoms with Gasteiger partial charge in [-0.25, -0.2) is 4.79 Å². The van der Waals surface area contributed by atoms with Crippen molar-refractivity contribution < 1.29 is 14.6 Å². The predicted octanol–water partition coefficient (Wildman–Crippen LogP) is 1.82. The van der Waals surface area contributed by atoms with Crippen molar-refractivity contribution in [1.29, 1.82) is 0 Å². The molecule has 2 aliphatic heterocycles. The minimum Gasteiger partial charge on any atom is -0.479 e. The molecule has 2 saturated heterocycles. The molecule has 2 fully saturated rings. The van der Waals surface area contributed by atoms with Gasteiger partial charge in [0, 0.05) is 19.2 Å². The van der Waals surface area contributed by atoms with Gasteiger partial charge in [0.05, 0.1) is 0 Å². The van der Waals surface area contributed by atoms with Gasteiger partial charge in [-0.05, 0) is 65.2 Å². The maximum absolute atomic E-state index is 11.1. The fourth-order valence-corrected chi connectivity index (χ4v) is 3.57. The summed E-state index contributed by atoms with van der Waals surface area (Å²) in [6.45, 7) is 7.89. The first-order valence-electron chi connectivity index (χ1n) is 8.51. The van der Waals surface area contributed by atoms with Crippen molar-refractivity contribution in [2.24, 2.45) is 0 Å². The van der Waals surface area contributed by atoms with Crippen molar-refractivity contribution >= 4 is 5.97 Å². The molecule has 21 heavy (non-hydrogen) atoms. The first kappa shape index (κ1) is 16.7. The van der Waals surface area contributed by atoms with Crippen LogP contribution >= 0.6 is 0 Å². The van der Waals surface area contributed by atoms with Gasteiger partial charge in [-0.15, -0.1) is 0 Å². The number of carboxylic acid groups (broad SMARTS) is 1. The lowest BCUT2D eigenvalue weighted by atomic mass is 9.99. The zero-order chi connectivity index (χ0) is 15.1. The second-order valence-electron chi connectivity index (χ2n) is 6.24. The number of likely N-dealkylation sites (tertiary alicyclic amines) is 2. The first-order valence-corrected chi connectivity index (χ1v) is 8.51. The molecule has 5 nitrogen and oxygen atoms in total. The van der Waals surface area contributed by atoms with Crippen LogP contribution in [0, 0.1) is 0 Å². The molecule has 0 saturated carbocycles. The molecule has 2 heterocycles. The zero-order valence-electron chi connectivity index (χ0n) is 13.3. The Bertz CT molecular complexity index is 311. The number of hydrogen-bond donors (Lipinski definition) is 1. The average Bonchev–Trinajstić information content (AvgIpc) is 2.52. The maximum atomic E-state index is 11.1. The van der Waals surface area contributed by atoms with Gasteiger partial charge in [0.1, 0.15) is 0 Å². The van der Waals surface area contributed by atoms with Gasteiger partial charge in [-0.3, -0.25) is 0 Å². The Morgan fingerprint density at radius 3 is 2.43 bits per heavy atom. The fourth-order valence-electron chi connectivity index (χ4n) is 3.57. The van der Waals surface area contributed by atoms with Crippen molar-refractivity contribution in [2.45, 2.75) is 57.6 Å². The van der Waals surface area contributed by atoms with Crippen LogP contribution in [0.5, 0.6) is 0 Å². The van der Waals surface area contributed by atoms with Crippen LogP contribution in [0.1, 0.15) is 45.4 Å². The summed E-state index contributed by atoms with van der Waals surface area (Å²) < 4.78 is 5.28. The van der Waals surface area contributed by atoms with Crippen molar-refractivity contribution in [3.05, 3.63) is 0 Å². The van der Waals surface area contributed by atoms with Crippen LogP contribution in [0.2, 0.25) is 0 Å². The SMILES string of the molecule is CCOC(CCN1CCC(N2CCCCC2)CC1)C(=O)O. The highest BCUT2D eigenvalue weighted by molar-refractivity contribution is 5.72. The van der Waals surface area contributed by atoms with Crippen LogP contribution in [-0.4, -0.2) is 72.4 Å². The lowest BCUT2D eigenvalue weighted by Crippen LogP contribution is -2.47. The Hall–Kier alpha value is -0.650. The topological polar surface area (TPSA) is 53.0 Å². The molecular weight excluding hydrogens is 268 g/mol. The van der Waals surface area contributed by atoms with E-state index in [2.05, 4.69) is 9.80 Å². The number of ether oxygens (including phenoxy) is 1. The second-order valence-corrected chi connectivity index (χ2v) is 6.24. The largest absolute Gasteiger partial charge is 0.479 e. The van der Waals surface area contributed by atoms with E-state index in [1.165, 1.54) is 45.2 Å². The third-order valence-corrected chi connectivity index (χ3v) is 4.81. The lowest BCUT2D eigenvalue weighted by Gasteiger charge is -2.40. The fraction of sp³-hybridized carbons (Fsp3) is 0.938. The first-order chi connectivity index (χ1) is 10.2. The van der Waals surface area contributed by atoms with E-state index in [1.54, 1.807) is 0 Å². The molecule has 122 valence electrons. The van der Waals surface area contributed by atoms with Gasteiger partial charge >= 0.3 is 5.97 Å². The van der Waals surface area contributed by atoms with Crippen molar-refractivity contribution in [1.82, 2.24) is 9.80 Å². The molecule has 5 heteroatoms. The van der Waals surface area contributed by atoms with E-state index < -0.39 is 12.1 Å². The summed E-state index contributed by atoms with van der Waals surface area (Å²) in [5.74, 6) is -0.833. The van der Waals surface area contributed by atoms with Gasteiger partial charge < -0.3 is 19.6 Å². The van der Waals surface area contributed by atoms with Crippen LogP contribution < -0.4 is 0 Å². The Morgan fingerprint density at radius 2 is 1.86 bits per heavy atom. The number of rotatable bonds is 7. The molecule has 0 aromatic carbocycles. The Labute approximate surface area is 128 Å². The molecule has 0 radical (unpaired) electrons. The van der Waals surface area contributed by atoms with Gasteiger partial charge in [0.25, 0.3) is 0 Å². The van der Waals surface area contributed by atoms with Crippen LogP contribution in [0.3, 0.4) is 0 Å². The van der Waals surface area contributed by atoms with E-state index >= 15 is 0 Å². The molecule has 0 bridgehead atoms. The molecule has 0 aromatic rings. The van der Waals surface area contributed by atoms with Gasteiger partial charge in [0.15, 0.2) is 6.10 Å². The minimum absolute atomic E-state index is 0.466. The molecular formula is C16H30N2O3. The summed E-state index contributed by atoms with van der Waals surface area (Å²) >= 11 is 0. The van der Waals surface area contributed by atoms with E-state index in [1.807, 2.05) is 6.92 Å². The zero-order valence-corrected chi connectivity index (χ0v) is 13.3. The lowest BCUT2D eigenvalue weighted by molar-refractivity contribution is -0.150. The second kappa shape index (κ2) is 8.71. The maximum Gasteiger partial charge on any atom is 0.332 e. The highest BCUT2D eigenvalue weighted by Gasteiger charge is 2.26. The van der Waals surface area contributed by atoms with E-state index in [0.29, 0.717) is 13.0 Å². The standard InChI is InChI=1S/C16H30N2O3/c1-2-21-15(16(19)20)8-13-17-11-6-14(7-12-17)18-9-4-3-5-10-18/h14-15H,2-13H2,1H3,(H,19,20). The van der Waals surface area contributed by atoms with E-state index in [9.17, 15) is 4.79 Å². The normalized spacial score (nSPS) is 24.0. The summed E-state index contributed by atoms with van der Waals surface area (Å²) in [5, 5.41) is 9.10. The number of carboxylic acids is 1. The summed E-state index contributed by atoms with van der Waals surface area (Å²) in [6, 6.07) is 0.753. The number of nitrogens with zero attached hydrogens (tertiary/aromatic N) is 2. The van der Waals surface area contributed by atoms with Crippen molar-refractivity contribution in [2.75, 3.05) is 39.3 Å². The number of piperidine rings is 2. The highest BCUT2D eigenvalue weighted by Crippen LogP contribution is 2.21. The Kier molecular flexibility index (Phi) is 6.93. The molecule has 1 N–H and O–H groups in total. The summed E-state index contributed by atoms with van der Waals surface area (Å²) in [4.78, 5) is 16.1. The number of hydrogen-bond acceptors (Lipinski definition) is 4.